The molecule has 29 heavy (non-hydrogen) atoms. The molecule has 2 aromatic rings. The van der Waals surface area contributed by atoms with Gasteiger partial charge in [0.25, 0.3) is 11.8 Å². The van der Waals surface area contributed by atoms with Gasteiger partial charge in [0.1, 0.15) is 0 Å². The standard InChI is InChI=1S/C21H25N3O5/c1-28-18-7-3-6-16(19(18)29-2)21(27)24-10-8-17(15(12-24)13-25)23-20(26)14-5-4-9-22-11-14/h3-7,9,11,15,17,25H,8,10,12-13H2,1-2H3,(H,23,26)/t15-,17-/m1/s1. The molecule has 1 aliphatic heterocycles. The first-order chi connectivity index (χ1) is 14.1. The lowest BCUT2D eigenvalue weighted by molar-refractivity contribution is 0.0531. The van der Waals surface area contributed by atoms with E-state index in [0.29, 0.717) is 42.1 Å². The molecule has 1 aromatic heterocycles. The fourth-order valence-electron chi connectivity index (χ4n) is 3.57. The summed E-state index contributed by atoms with van der Waals surface area (Å²) in [5.41, 5.74) is 0.866. The number of methoxy groups -OCH3 is 2. The molecule has 2 heterocycles. The highest BCUT2D eigenvalue weighted by atomic mass is 16.5. The van der Waals surface area contributed by atoms with Crippen molar-refractivity contribution < 1.29 is 24.2 Å². The van der Waals surface area contributed by atoms with E-state index in [1.807, 2.05) is 0 Å². The number of para-hydroxylation sites is 1. The van der Waals surface area contributed by atoms with E-state index < -0.39 is 0 Å². The van der Waals surface area contributed by atoms with Gasteiger partial charge < -0.3 is 24.8 Å². The van der Waals surface area contributed by atoms with Gasteiger partial charge in [-0.15, -0.1) is 0 Å². The van der Waals surface area contributed by atoms with Crippen molar-refractivity contribution in [1.82, 2.24) is 15.2 Å². The van der Waals surface area contributed by atoms with Crippen LogP contribution in [0.1, 0.15) is 27.1 Å². The van der Waals surface area contributed by atoms with E-state index in [1.54, 1.807) is 41.4 Å². The van der Waals surface area contributed by atoms with Crippen LogP contribution in [0.15, 0.2) is 42.7 Å². The number of nitrogens with zero attached hydrogens (tertiary/aromatic N) is 2. The van der Waals surface area contributed by atoms with Gasteiger partial charge in [0.05, 0.1) is 25.3 Å². The maximum absolute atomic E-state index is 13.1. The number of pyridine rings is 1. The van der Waals surface area contributed by atoms with E-state index in [0.717, 1.165) is 0 Å². The zero-order valence-electron chi connectivity index (χ0n) is 16.5. The number of hydrogen-bond donors (Lipinski definition) is 2. The fraction of sp³-hybridized carbons (Fsp3) is 0.381. The molecule has 1 aromatic carbocycles. The molecule has 0 spiro atoms. The summed E-state index contributed by atoms with van der Waals surface area (Å²) in [5, 5.41) is 12.8. The van der Waals surface area contributed by atoms with Crippen molar-refractivity contribution in [3.63, 3.8) is 0 Å². The van der Waals surface area contributed by atoms with Crippen LogP contribution in [-0.4, -0.2) is 66.8 Å². The monoisotopic (exact) mass is 399 g/mol. The summed E-state index contributed by atoms with van der Waals surface area (Å²) >= 11 is 0. The molecule has 2 atom stereocenters. The van der Waals surface area contributed by atoms with Crippen molar-refractivity contribution in [2.45, 2.75) is 12.5 Å². The number of carbonyl (C=O) groups is 2. The number of rotatable bonds is 6. The molecule has 2 amide bonds. The van der Waals surface area contributed by atoms with E-state index in [2.05, 4.69) is 10.3 Å². The number of piperidine rings is 1. The highest BCUT2D eigenvalue weighted by Gasteiger charge is 2.33. The molecule has 0 radical (unpaired) electrons. The summed E-state index contributed by atoms with van der Waals surface area (Å²) in [6, 6.07) is 8.30. The van der Waals surface area contributed by atoms with Crippen molar-refractivity contribution in [3.05, 3.63) is 53.9 Å². The lowest BCUT2D eigenvalue weighted by Gasteiger charge is -2.38. The summed E-state index contributed by atoms with van der Waals surface area (Å²) in [5.74, 6) is 0.153. The van der Waals surface area contributed by atoms with Gasteiger partial charge in [0.15, 0.2) is 11.5 Å². The summed E-state index contributed by atoms with van der Waals surface area (Å²) < 4.78 is 10.6. The average molecular weight is 399 g/mol. The van der Waals surface area contributed by atoms with Crippen LogP contribution in [0, 0.1) is 5.92 Å². The second-order valence-corrected chi connectivity index (χ2v) is 6.85. The van der Waals surface area contributed by atoms with Crippen LogP contribution in [0.3, 0.4) is 0 Å². The number of benzene rings is 1. The normalized spacial score (nSPS) is 18.8. The number of likely N-dealkylation sites (tertiary alicyclic amines) is 1. The average Bonchev–Trinajstić information content (AvgIpc) is 2.78. The van der Waals surface area contributed by atoms with Crippen molar-refractivity contribution >= 4 is 11.8 Å². The van der Waals surface area contributed by atoms with Gasteiger partial charge in [-0.25, -0.2) is 0 Å². The van der Waals surface area contributed by atoms with E-state index in [-0.39, 0.29) is 30.4 Å². The van der Waals surface area contributed by atoms with E-state index in [4.69, 9.17) is 9.47 Å². The molecule has 0 unspecified atom stereocenters. The molecule has 3 rings (SSSR count). The van der Waals surface area contributed by atoms with Gasteiger partial charge in [-0.2, -0.15) is 0 Å². The molecule has 8 nitrogen and oxygen atoms in total. The number of carbonyl (C=O) groups excluding carboxylic acids is 2. The largest absolute Gasteiger partial charge is 0.493 e. The summed E-state index contributed by atoms with van der Waals surface area (Å²) in [6.45, 7) is 0.637. The van der Waals surface area contributed by atoms with Gasteiger partial charge in [-0.05, 0) is 30.7 Å². The number of ether oxygens (including phenoxy) is 2. The highest BCUT2D eigenvalue weighted by Crippen LogP contribution is 2.32. The van der Waals surface area contributed by atoms with Crippen LogP contribution < -0.4 is 14.8 Å². The smallest absolute Gasteiger partial charge is 0.257 e. The third-order valence-electron chi connectivity index (χ3n) is 5.13. The molecule has 0 aliphatic carbocycles. The first-order valence-electron chi connectivity index (χ1n) is 9.41. The van der Waals surface area contributed by atoms with Gasteiger partial charge in [0.2, 0.25) is 0 Å². The number of aliphatic hydroxyl groups excluding tert-OH is 1. The Morgan fingerprint density at radius 1 is 1.24 bits per heavy atom. The van der Waals surface area contributed by atoms with Crippen LogP contribution >= 0.6 is 0 Å². The highest BCUT2D eigenvalue weighted by molar-refractivity contribution is 5.98. The van der Waals surface area contributed by atoms with Gasteiger partial charge in [-0.1, -0.05) is 6.07 Å². The number of aromatic nitrogens is 1. The van der Waals surface area contributed by atoms with Gasteiger partial charge in [0, 0.05) is 44.0 Å². The lowest BCUT2D eigenvalue weighted by atomic mass is 9.92. The molecular weight excluding hydrogens is 374 g/mol. The Balaban J connectivity index is 1.71. The van der Waals surface area contributed by atoms with E-state index >= 15 is 0 Å². The predicted molar refractivity (Wildman–Crippen MR) is 106 cm³/mol. The zero-order valence-corrected chi connectivity index (χ0v) is 16.5. The third kappa shape index (κ3) is 4.48. The SMILES string of the molecule is COc1cccc(C(=O)N2CC[C@@H](NC(=O)c3cccnc3)[C@@H](CO)C2)c1OC. The topological polar surface area (TPSA) is 101 Å². The van der Waals surface area contributed by atoms with Crippen LogP contribution in [0.5, 0.6) is 11.5 Å². The van der Waals surface area contributed by atoms with Crippen molar-refractivity contribution in [2.75, 3.05) is 33.9 Å². The van der Waals surface area contributed by atoms with E-state index in [9.17, 15) is 14.7 Å². The Morgan fingerprint density at radius 2 is 2.07 bits per heavy atom. The summed E-state index contributed by atoms with van der Waals surface area (Å²) in [4.78, 5) is 31.1. The van der Waals surface area contributed by atoms with Crippen LogP contribution in [0.4, 0.5) is 0 Å². The second kappa shape index (κ2) is 9.38. The van der Waals surface area contributed by atoms with Crippen LogP contribution in [-0.2, 0) is 0 Å². The van der Waals surface area contributed by atoms with Crippen molar-refractivity contribution in [3.8, 4) is 11.5 Å². The first-order valence-corrected chi connectivity index (χ1v) is 9.41. The molecule has 2 N–H and O–H groups in total. The molecule has 0 saturated carbocycles. The maximum Gasteiger partial charge on any atom is 0.257 e. The molecule has 1 aliphatic rings. The number of aliphatic hydroxyl groups is 1. The Morgan fingerprint density at radius 3 is 2.72 bits per heavy atom. The number of hydrogen-bond acceptors (Lipinski definition) is 6. The summed E-state index contributed by atoms with van der Waals surface area (Å²) in [6.07, 6.45) is 3.64. The Labute approximate surface area is 169 Å². The molecule has 154 valence electrons. The third-order valence-corrected chi connectivity index (χ3v) is 5.13. The Kier molecular flexibility index (Phi) is 6.66. The van der Waals surface area contributed by atoms with Gasteiger partial charge in [-0.3, -0.25) is 14.6 Å². The summed E-state index contributed by atoms with van der Waals surface area (Å²) in [7, 11) is 3.01. The first kappa shape index (κ1) is 20.6. The molecular formula is C21H25N3O5. The molecule has 0 bridgehead atoms. The van der Waals surface area contributed by atoms with Crippen LogP contribution in [0.2, 0.25) is 0 Å². The quantitative estimate of drug-likeness (QED) is 0.761. The minimum Gasteiger partial charge on any atom is -0.493 e. The van der Waals surface area contributed by atoms with Crippen molar-refractivity contribution in [1.29, 1.82) is 0 Å². The predicted octanol–water partition coefficient (Wildman–Crippen LogP) is 1.35. The Bertz CT molecular complexity index is 859. The molecule has 8 heteroatoms. The number of nitrogens with one attached hydrogen (secondary N) is 1. The Hall–Kier alpha value is -3.13. The molecule has 1 saturated heterocycles. The lowest BCUT2D eigenvalue weighted by Crippen LogP contribution is -2.53. The van der Waals surface area contributed by atoms with E-state index in [1.165, 1.54) is 20.4 Å². The fourth-order valence-corrected chi connectivity index (χ4v) is 3.57. The second-order valence-electron chi connectivity index (χ2n) is 6.85. The molecule has 1 fully saturated rings. The minimum atomic E-state index is -0.273. The minimum absolute atomic E-state index is 0.142. The maximum atomic E-state index is 13.1. The van der Waals surface area contributed by atoms with Crippen molar-refractivity contribution in [2.24, 2.45) is 5.92 Å². The zero-order chi connectivity index (χ0) is 20.8. The van der Waals surface area contributed by atoms with Crippen LogP contribution in [0.25, 0.3) is 0 Å². The number of amides is 2. The van der Waals surface area contributed by atoms with Gasteiger partial charge >= 0.3 is 0 Å².